The van der Waals surface area contributed by atoms with Crippen molar-refractivity contribution < 1.29 is 35.1 Å². The summed E-state index contributed by atoms with van der Waals surface area (Å²) >= 11 is 0. The molecule has 0 radical (unpaired) electrons. The Labute approximate surface area is 213 Å². The summed E-state index contributed by atoms with van der Waals surface area (Å²) in [6.45, 7) is 0. The lowest BCUT2D eigenvalue weighted by molar-refractivity contribution is -0.139. The van der Waals surface area contributed by atoms with Crippen molar-refractivity contribution in [3.8, 4) is 17.2 Å². The van der Waals surface area contributed by atoms with Crippen LogP contribution in [-0.2, 0) is 22.4 Å². The number of phenolic OH excluding ortho intramolecular Hbond substituents is 3. The number of phenols is 3. The fourth-order valence-corrected chi connectivity index (χ4v) is 3.73. The van der Waals surface area contributed by atoms with Crippen LogP contribution in [0.2, 0.25) is 0 Å². The highest BCUT2D eigenvalue weighted by Gasteiger charge is 2.15. The lowest BCUT2D eigenvalue weighted by Gasteiger charge is -2.11. The fourth-order valence-electron chi connectivity index (χ4n) is 3.73. The smallest absolute Gasteiger partial charge is 0.320 e. The minimum Gasteiger partial charge on any atom is -0.508 e. The van der Waals surface area contributed by atoms with Crippen molar-refractivity contribution in [2.24, 2.45) is 11.5 Å². The summed E-state index contributed by atoms with van der Waals surface area (Å²) in [6.07, 6.45) is 6.98. The topological polar surface area (TPSA) is 187 Å². The lowest BCUT2D eigenvalue weighted by atomic mass is 9.98. The zero-order chi connectivity index (χ0) is 27.1. The molecule has 0 aromatic heterocycles. The molecule has 0 saturated heterocycles. The number of carbonyl (C=O) groups is 2. The molecule has 0 spiro atoms. The van der Waals surface area contributed by atoms with Gasteiger partial charge in [0.1, 0.15) is 29.3 Å². The van der Waals surface area contributed by atoms with Gasteiger partial charge in [-0.25, -0.2) is 0 Å². The average Bonchev–Trinajstić information content (AvgIpc) is 2.82. The minimum atomic E-state index is -1.15. The quantitative estimate of drug-likeness (QED) is 0.204. The van der Waals surface area contributed by atoms with Crippen LogP contribution in [0.4, 0.5) is 0 Å². The van der Waals surface area contributed by atoms with Crippen molar-refractivity contribution >= 4 is 36.2 Å². The molecule has 2 unspecified atom stereocenters. The van der Waals surface area contributed by atoms with E-state index in [-0.39, 0.29) is 30.1 Å². The number of rotatable bonds is 10. The van der Waals surface area contributed by atoms with Crippen LogP contribution in [-0.4, -0.2) is 49.6 Å². The Bertz CT molecular complexity index is 1260. The van der Waals surface area contributed by atoms with Crippen molar-refractivity contribution in [1.82, 2.24) is 0 Å². The van der Waals surface area contributed by atoms with Crippen LogP contribution >= 0.6 is 0 Å². The van der Waals surface area contributed by atoms with E-state index in [1.807, 2.05) is 0 Å². The monoisotopic (exact) mass is 504 g/mol. The molecule has 0 aliphatic heterocycles. The first kappa shape index (κ1) is 27.0. The first-order chi connectivity index (χ1) is 17.5. The van der Waals surface area contributed by atoms with Crippen LogP contribution in [0, 0.1) is 0 Å². The SMILES string of the molecule is NC(Cc1cc(O)ccc1C=Cc1cc(O)cc(C=Cc2ccc(O)cc2CC(N)C(=O)O)c1)C(=O)O. The van der Waals surface area contributed by atoms with E-state index in [4.69, 9.17) is 21.7 Å². The Kier molecular flexibility index (Phi) is 8.68. The van der Waals surface area contributed by atoms with Gasteiger partial charge in [-0.15, -0.1) is 0 Å². The molecule has 0 bridgehead atoms. The second kappa shape index (κ2) is 11.9. The largest absolute Gasteiger partial charge is 0.508 e. The summed E-state index contributed by atoms with van der Waals surface area (Å²) < 4.78 is 0. The highest BCUT2D eigenvalue weighted by molar-refractivity contribution is 5.78. The van der Waals surface area contributed by atoms with E-state index in [2.05, 4.69) is 0 Å². The maximum absolute atomic E-state index is 11.2. The first-order valence-corrected chi connectivity index (χ1v) is 11.3. The second-order valence-corrected chi connectivity index (χ2v) is 8.59. The van der Waals surface area contributed by atoms with Gasteiger partial charge in [0.05, 0.1) is 0 Å². The molecule has 9 nitrogen and oxygen atoms in total. The maximum atomic E-state index is 11.2. The Morgan fingerprint density at radius 1 is 0.622 bits per heavy atom. The summed E-state index contributed by atoms with van der Waals surface area (Å²) in [5.41, 5.74) is 15.1. The summed E-state index contributed by atoms with van der Waals surface area (Å²) in [6, 6.07) is 11.8. The van der Waals surface area contributed by atoms with Gasteiger partial charge < -0.3 is 37.0 Å². The Hall–Kier alpha value is -4.60. The average molecular weight is 505 g/mol. The summed E-state index contributed by atoms with van der Waals surface area (Å²) in [4.78, 5) is 22.3. The maximum Gasteiger partial charge on any atom is 0.320 e. The molecular formula is C28H28N2O7. The van der Waals surface area contributed by atoms with Crippen LogP contribution in [0.1, 0.15) is 33.4 Å². The van der Waals surface area contributed by atoms with Crippen molar-refractivity contribution in [2.75, 3.05) is 0 Å². The van der Waals surface area contributed by atoms with Crippen LogP contribution in [0.3, 0.4) is 0 Å². The van der Waals surface area contributed by atoms with E-state index in [1.54, 1.807) is 54.6 Å². The van der Waals surface area contributed by atoms with Crippen LogP contribution in [0.25, 0.3) is 24.3 Å². The number of carboxylic acid groups (broad SMARTS) is 2. The molecule has 3 rings (SSSR count). The van der Waals surface area contributed by atoms with Gasteiger partial charge in [-0.2, -0.15) is 0 Å². The normalized spacial score (nSPS) is 13.1. The van der Waals surface area contributed by atoms with E-state index >= 15 is 0 Å². The van der Waals surface area contributed by atoms with Crippen LogP contribution in [0.5, 0.6) is 17.2 Å². The molecule has 0 amide bonds. The van der Waals surface area contributed by atoms with Gasteiger partial charge in [0.25, 0.3) is 0 Å². The van der Waals surface area contributed by atoms with E-state index in [0.717, 1.165) is 0 Å². The molecule has 0 heterocycles. The molecule has 0 saturated carbocycles. The van der Waals surface area contributed by atoms with Crippen molar-refractivity contribution in [3.63, 3.8) is 0 Å². The third-order valence-corrected chi connectivity index (χ3v) is 5.64. The van der Waals surface area contributed by atoms with E-state index in [1.165, 1.54) is 24.3 Å². The molecule has 0 aliphatic carbocycles. The predicted molar refractivity (Wildman–Crippen MR) is 141 cm³/mol. The van der Waals surface area contributed by atoms with Crippen molar-refractivity contribution in [1.29, 1.82) is 0 Å². The first-order valence-electron chi connectivity index (χ1n) is 11.3. The fraction of sp³-hybridized carbons (Fsp3) is 0.143. The van der Waals surface area contributed by atoms with E-state index in [0.29, 0.717) is 33.4 Å². The molecular weight excluding hydrogens is 476 g/mol. The number of nitrogens with two attached hydrogens (primary N) is 2. The Morgan fingerprint density at radius 3 is 1.41 bits per heavy atom. The molecule has 37 heavy (non-hydrogen) atoms. The number of carboxylic acids is 2. The number of hydrogen-bond acceptors (Lipinski definition) is 7. The lowest BCUT2D eigenvalue weighted by Crippen LogP contribution is -2.32. The predicted octanol–water partition coefficient (Wildman–Crippen LogP) is 3.05. The van der Waals surface area contributed by atoms with Gasteiger partial charge in [-0.05, 0) is 88.7 Å². The van der Waals surface area contributed by atoms with Gasteiger partial charge in [-0.1, -0.05) is 36.4 Å². The Morgan fingerprint density at radius 2 is 1.03 bits per heavy atom. The standard InChI is InChI=1S/C28H28N2O7/c29-25(27(34)35)14-20-12-22(31)7-5-18(20)3-1-16-9-17(11-24(33)10-16)2-4-19-6-8-23(32)13-21(19)15-26(30)28(36)37/h1-13,25-26,31-33H,14-15,29-30H2,(H,34,35)(H,36,37). The molecule has 3 aromatic carbocycles. The third-order valence-electron chi connectivity index (χ3n) is 5.64. The zero-order valence-corrected chi connectivity index (χ0v) is 19.8. The number of aliphatic carboxylic acids is 2. The van der Waals surface area contributed by atoms with Crippen LogP contribution in [0.15, 0.2) is 54.6 Å². The van der Waals surface area contributed by atoms with Gasteiger partial charge in [0.2, 0.25) is 0 Å². The van der Waals surface area contributed by atoms with E-state index < -0.39 is 24.0 Å². The van der Waals surface area contributed by atoms with Crippen molar-refractivity contribution in [3.05, 3.63) is 88.0 Å². The highest BCUT2D eigenvalue weighted by Crippen LogP contribution is 2.25. The number of aromatic hydroxyl groups is 3. The number of benzene rings is 3. The van der Waals surface area contributed by atoms with Gasteiger partial charge >= 0.3 is 11.9 Å². The minimum absolute atomic E-state index is 0.00701. The van der Waals surface area contributed by atoms with Gasteiger partial charge in [-0.3, -0.25) is 9.59 Å². The summed E-state index contributed by atoms with van der Waals surface area (Å²) in [7, 11) is 0. The highest BCUT2D eigenvalue weighted by atomic mass is 16.4. The summed E-state index contributed by atoms with van der Waals surface area (Å²) in [5, 5.41) is 48.1. The van der Waals surface area contributed by atoms with E-state index in [9.17, 15) is 24.9 Å². The van der Waals surface area contributed by atoms with Gasteiger partial charge in [0.15, 0.2) is 0 Å². The molecule has 3 aromatic rings. The second-order valence-electron chi connectivity index (χ2n) is 8.59. The van der Waals surface area contributed by atoms with Crippen LogP contribution < -0.4 is 11.5 Å². The molecule has 2 atom stereocenters. The summed E-state index contributed by atoms with van der Waals surface area (Å²) in [5.74, 6) is -2.30. The number of hydrogen-bond donors (Lipinski definition) is 7. The Balaban J connectivity index is 1.87. The van der Waals surface area contributed by atoms with Crippen molar-refractivity contribution in [2.45, 2.75) is 24.9 Å². The molecule has 0 aliphatic rings. The third kappa shape index (κ3) is 7.69. The molecule has 9 heteroatoms. The molecule has 192 valence electrons. The zero-order valence-electron chi connectivity index (χ0n) is 19.8. The molecule has 9 N–H and O–H groups in total. The molecule has 0 fully saturated rings. The van der Waals surface area contributed by atoms with Gasteiger partial charge in [0, 0.05) is 0 Å².